The van der Waals surface area contributed by atoms with E-state index in [9.17, 15) is 4.79 Å². The number of hydrogen-bond acceptors (Lipinski definition) is 4. The summed E-state index contributed by atoms with van der Waals surface area (Å²) in [6, 6.07) is 3.27. The van der Waals surface area contributed by atoms with E-state index >= 15 is 0 Å². The lowest BCUT2D eigenvalue weighted by molar-refractivity contribution is 0.0807. The highest BCUT2D eigenvalue weighted by Gasteiger charge is 2.09. The van der Waals surface area contributed by atoms with Crippen molar-refractivity contribution in [3.63, 3.8) is 0 Å². The first kappa shape index (κ1) is 11.7. The highest BCUT2D eigenvalue weighted by atomic mass is 16.5. The number of hydrogen-bond donors (Lipinski definition) is 2. The zero-order chi connectivity index (χ0) is 11.3. The number of hydrazine groups is 1. The summed E-state index contributed by atoms with van der Waals surface area (Å²) in [7, 11) is 0. The second-order valence-electron chi connectivity index (χ2n) is 3.65. The number of ether oxygens (including phenoxy) is 1. The zero-order valence-electron chi connectivity index (χ0n) is 8.95. The fourth-order valence-corrected chi connectivity index (χ4v) is 1.04. The molecule has 0 saturated carbocycles. The van der Waals surface area contributed by atoms with Crippen LogP contribution in [0.2, 0.25) is 0 Å². The normalized spacial score (nSPS) is 10.7. The van der Waals surface area contributed by atoms with Crippen molar-refractivity contribution in [1.82, 2.24) is 5.43 Å². The van der Waals surface area contributed by atoms with Gasteiger partial charge < -0.3 is 9.15 Å². The SMILES string of the molecule is CC(C)COCc1ccc(C(=O)NN)o1. The average Bonchev–Trinajstić information content (AvgIpc) is 2.65. The van der Waals surface area contributed by atoms with E-state index in [1.807, 2.05) is 5.43 Å². The quantitative estimate of drug-likeness (QED) is 0.434. The van der Waals surface area contributed by atoms with Gasteiger partial charge in [0.25, 0.3) is 0 Å². The van der Waals surface area contributed by atoms with E-state index in [4.69, 9.17) is 15.0 Å². The van der Waals surface area contributed by atoms with E-state index in [2.05, 4.69) is 13.8 Å². The number of furan rings is 1. The van der Waals surface area contributed by atoms with Gasteiger partial charge in [-0.05, 0) is 18.1 Å². The van der Waals surface area contributed by atoms with Crippen LogP contribution >= 0.6 is 0 Å². The third kappa shape index (κ3) is 3.73. The molecule has 0 unspecified atom stereocenters. The van der Waals surface area contributed by atoms with E-state index in [1.165, 1.54) is 0 Å². The molecule has 0 aromatic carbocycles. The minimum absolute atomic E-state index is 0.195. The maximum absolute atomic E-state index is 11.0. The Kier molecular flexibility index (Phi) is 4.33. The lowest BCUT2D eigenvalue weighted by atomic mass is 10.2. The second-order valence-corrected chi connectivity index (χ2v) is 3.65. The maximum atomic E-state index is 11.0. The van der Waals surface area contributed by atoms with E-state index < -0.39 is 5.91 Å². The van der Waals surface area contributed by atoms with Crippen LogP contribution in [0.5, 0.6) is 0 Å². The number of nitrogen functional groups attached to an aromatic ring is 1. The van der Waals surface area contributed by atoms with Gasteiger partial charge in [0.05, 0.1) is 0 Å². The Morgan fingerprint density at radius 3 is 2.93 bits per heavy atom. The van der Waals surface area contributed by atoms with Crippen LogP contribution in [0.25, 0.3) is 0 Å². The molecule has 0 aliphatic rings. The first-order chi connectivity index (χ1) is 7.13. The summed E-state index contributed by atoms with van der Waals surface area (Å²) in [5, 5.41) is 0. The maximum Gasteiger partial charge on any atom is 0.300 e. The molecule has 1 amide bonds. The van der Waals surface area contributed by atoms with Gasteiger partial charge >= 0.3 is 5.91 Å². The molecule has 0 fully saturated rings. The fraction of sp³-hybridized carbons (Fsp3) is 0.500. The number of amides is 1. The molecule has 0 atom stereocenters. The van der Waals surface area contributed by atoms with Crippen LogP contribution in [0.1, 0.15) is 30.2 Å². The van der Waals surface area contributed by atoms with E-state index in [-0.39, 0.29) is 5.76 Å². The van der Waals surface area contributed by atoms with Crippen LogP contribution < -0.4 is 11.3 Å². The third-order valence-corrected chi connectivity index (χ3v) is 1.71. The van der Waals surface area contributed by atoms with Gasteiger partial charge in [0.15, 0.2) is 5.76 Å². The molecule has 1 heterocycles. The molecule has 0 aliphatic carbocycles. The van der Waals surface area contributed by atoms with Crippen LogP contribution in [0.15, 0.2) is 16.5 Å². The molecule has 0 aliphatic heterocycles. The summed E-state index contributed by atoms with van der Waals surface area (Å²) in [6.45, 7) is 5.17. The predicted octanol–water partition coefficient (Wildman–Crippen LogP) is 1.06. The Labute approximate surface area is 88.6 Å². The number of carbonyl (C=O) groups excluding carboxylic acids is 1. The first-order valence-corrected chi connectivity index (χ1v) is 4.81. The van der Waals surface area contributed by atoms with E-state index in [1.54, 1.807) is 12.1 Å². The Hall–Kier alpha value is -1.33. The largest absolute Gasteiger partial charge is 0.453 e. The topological polar surface area (TPSA) is 77.5 Å². The molecule has 15 heavy (non-hydrogen) atoms. The molecular weight excluding hydrogens is 196 g/mol. The summed E-state index contributed by atoms with van der Waals surface area (Å²) in [5.74, 6) is 5.82. The third-order valence-electron chi connectivity index (χ3n) is 1.71. The molecule has 1 rings (SSSR count). The first-order valence-electron chi connectivity index (χ1n) is 4.81. The summed E-state index contributed by atoms with van der Waals surface area (Å²) in [6.07, 6.45) is 0. The molecule has 5 heteroatoms. The van der Waals surface area contributed by atoms with Crippen LogP contribution in [-0.4, -0.2) is 12.5 Å². The molecule has 0 bridgehead atoms. The van der Waals surface area contributed by atoms with Crippen molar-refractivity contribution in [1.29, 1.82) is 0 Å². The summed E-state index contributed by atoms with van der Waals surface area (Å²) in [4.78, 5) is 11.0. The summed E-state index contributed by atoms with van der Waals surface area (Å²) < 4.78 is 10.6. The van der Waals surface area contributed by atoms with E-state index in [0.717, 1.165) is 0 Å². The van der Waals surface area contributed by atoms with Gasteiger partial charge in [0, 0.05) is 6.61 Å². The highest BCUT2D eigenvalue weighted by molar-refractivity contribution is 5.90. The lowest BCUT2D eigenvalue weighted by Gasteiger charge is -2.04. The van der Waals surface area contributed by atoms with Gasteiger partial charge in [-0.1, -0.05) is 13.8 Å². The van der Waals surface area contributed by atoms with Crippen molar-refractivity contribution in [3.05, 3.63) is 23.7 Å². The smallest absolute Gasteiger partial charge is 0.300 e. The molecule has 0 spiro atoms. The molecule has 0 saturated heterocycles. The lowest BCUT2D eigenvalue weighted by Crippen LogP contribution is -2.29. The fourth-order valence-electron chi connectivity index (χ4n) is 1.04. The van der Waals surface area contributed by atoms with Gasteiger partial charge in [-0.2, -0.15) is 0 Å². The van der Waals surface area contributed by atoms with Crippen LogP contribution in [0.3, 0.4) is 0 Å². The monoisotopic (exact) mass is 212 g/mol. The standard InChI is InChI=1S/C10H16N2O3/c1-7(2)5-14-6-8-3-4-9(15-8)10(13)12-11/h3-4,7H,5-6,11H2,1-2H3,(H,12,13). The van der Waals surface area contributed by atoms with Crippen molar-refractivity contribution >= 4 is 5.91 Å². The minimum Gasteiger partial charge on any atom is -0.453 e. The van der Waals surface area contributed by atoms with Crippen molar-refractivity contribution in [2.75, 3.05) is 6.61 Å². The number of nitrogens with one attached hydrogen (secondary N) is 1. The van der Waals surface area contributed by atoms with Crippen molar-refractivity contribution in [2.45, 2.75) is 20.5 Å². The number of carbonyl (C=O) groups is 1. The Morgan fingerprint density at radius 2 is 2.33 bits per heavy atom. The van der Waals surface area contributed by atoms with Crippen molar-refractivity contribution in [3.8, 4) is 0 Å². The molecular formula is C10H16N2O3. The zero-order valence-corrected chi connectivity index (χ0v) is 8.95. The van der Waals surface area contributed by atoms with Gasteiger partial charge in [-0.15, -0.1) is 0 Å². The van der Waals surface area contributed by atoms with Crippen LogP contribution in [0.4, 0.5) is 0 Å². The summed E-state index contributed by atoms with van der Waals surface area (Å²) >= 11 is 0. The Balaban J connectivity index is 2.43. The molecule has 0 radical (unpaired) electrons. The number of nitrogens with two attached hydrogens (primary N) is 1. The second kappa shape index (κ2) is 5.53. The van der Waals surface area contributed by atoms with Gasteiger partial charge in [-0.25, -0.2) is 5.84 Å². The van der Waals surface area contributed by atoms with Crippen molar-refractivity contribution in [2.24, 2.45) is 11.8 Å². The summed E-state index contributed by atoms with van der Waals surface area (Å²) in [5.41, 5.74) is 2.00. The Bertz CT molecular complexity index is 320. The van der Waals surface area contributed by atoms with E-state index in [0.29, 0.717) is 24.9 Å². The highest BCUT2D eigenvalue weighted by Crippen LogP contribution is 2.09. The molecule has 84 valence electrons. The van der Waals surface area contributed by atoms with Crippen molar-refractivity contribution < 1.29 is 13.9 Å². The number of rotatable bonds is 5. The molecule has 3 N–H and O–H groups in total. The molecule has 5 nitrogen and oxygen atoms in total. The van der Waals surface area contributed by atoms with Crippen LogP contribution in [-0.2, 0) is 11.3 Å². The van der Waals surface area contributed by atoms with Gasteiger partial charge in [0.1, 0.15) is 12.4 Å². The van der Waals surface area contributed by atoms with Gasteiger partial charge in [-0.3, -0.25) is 10.2 Å². The Morgan fingerprint density at radius 1 is 1.60 bits per heavy atom. The molecule has 1 aromatic heterocycles. The van der Waals surface area contributed by atoms with Crippen LogP contribution in [0, 0.1) is 5.92 Å². The average molecular weight is 212 g/mol. The predicted molar refractivity (Wildman–Crippen MR) is 54.9 cm³/mol. The minimum atomic E-state index is -0.440. The van der Waals surface area contributed by atoms with Gasteiger partial charge in [0.2, 0.25) is 0 Å². The molecule has 1 aromatic rings.